The highest BCUT2D eigenvalue weighted by Gasteiger charge is 2.39. The number of halogens is 1. The minimum atomic E-state index is -0.426. The highest BCUT2D eigenvalue weighted by atomic mass is 79.9. The lowest BCUT2D eigenvalue weighted by Gasteiger charge is -2.34. The van der Waals surface area contributed by atoms with E-state index in [1.54, 1.807) is 0 Å². The summed E-state index contributed by atoms with van der Waals surface area (Å²) < 4.78 is 8.26. The summed E-state index contributed by atoms with van der Waals surface area (Å²) >= 11 is 3.44. The van der Waals surface area contributed by atoms with Crippen LogP contribution in [0.2, 0.25) is 0 Å². The number of nitrogens with two attached hydrogens (primary N) is 1. The molecule has 1 aliphatic carbocycles. The summed E-state index contributed by atoms with van der Waals surface area (Å²) in [5.41, 5.74) is 8.45. The SMILES string of the molecule is Cc1cc(-c2nc(C3(N)CCC3)no2)nn1-c1ccc(Br)cc1. The van der Waals surface area contributed by atoms with E-state index in [9.17, 15) is 0 Å². The summed E-state index contributed by atoms with van der Waals surface area (Å²) in [4.78, 5) is 4.45. The molecule has 2 aromatic heterocycles. The van der Waals surface area contributed by atoms with Crippen molar-refractivity contribution in [1.29, 1.82) is 0 Å². The normalized spacial score (nSPS) is 16.3. The molecule has 7 heteroatoms. The molecule has 2 N–H and O–H groups in total. The van der Waals surface area contributed by atoms with Crippen molar-refractivity contribution < 1.29 is 4.52 Å². The molecule has 6 nitrogen and oxygen atoms in total. The fourth-order valence-electron chi connectivity index (χ4n) is 2.73. The molecule has 0 saturated heterocycles. The van der Waals surface area contributed by atoms with E-state index in [2.05, 4.69) is 31.2 Å². The van der Waals surface area contributed by atoms with E-state index in [-0.39, 0.29) is 0 Å². The molecular weight excluding hydrogens is 358 g/mol. The van der Waals surface area contributed by atoms with E-state index in [1.165, 1.54) is 0 Å². The lowest BCUT2D eigenvalue weighted by atomic mass is 9.77. The Morgan fingerprint density at radius 1 is 1.26 bits per heavy atom. The summed E-state index contributed by atoms with van der Waals surface area (Å²) in [5.74, 6) is 0.991. The lowest BCUT2D eigenvalue weighted by Crippen LogP contribution is -2.44. The Hall–Kier alpha value is -1.99. The molecule has 0 radical (unpaired) electrons. The average molecular weight is 374 g/mol. The van der Waals surface area contributed by atoms with Crippen LogP contribution in [0.4, 0.5) is 0 Å². The molecule has 0 aliphatic heterocycles. The fraction of sp³-hybridized carbons (Fsp3) is 0.312. The Morgan fingerprint density at radius 2 is 2.00 bits per heavy atom. The first kappa shape index (κ1) is 14.6. The van der Waals surface area contributed by atoms with Gasteiger partial charge in [-0.25, -0.2) is 4.68 Å². The van der Waals surface area contributed by atoms with Crippen molar-refractivity contribution in [2.75, 3.05) is 0 Å². The lowest BCUT2D eigenvalue weighted by molar-refractivity contribution is 0.229. The Labute approximate surface area is 141 Å². The van der Waals surface area contributed by atoms with Crippen molar-refractivity contribution in [2.45, 2.75) is 31.7 Å². The quantitative estimate of drug-likeness (QED) is 0.760. The van der Waals surface area contributed by atoms with Crippen LogP contribution in [-0.4, -0.2) is 19.9 Å². The standard InChI is InChI=1S/C16H16BrN5O/c1-10-9-13(20-22(10)12-5-3-11(17)4-6-12)14-19-15(21-23-14)16(18)7-2-8-16/h3-6,9H,2,7-8,18H2,1H3. The highest BCUT2D eigenvalue weighted by Crippen LogP contribution is 2.37. The fourth-order valence-corrected chi connectivity index (χ4v) is 3.00. The monoisotopic (exact) mass is 373 g/mol. The van der Waals surface area contributed by atoms with Gasteiger partial charge in [0.05, 0.1) is 11.2 Å². The van der Waals surface area contributed by atoms with Gasteiger partial charge < -0.3 is 10.3 Å². The molecular formula is C16H16BrN5O. The molecule has 0 unspecified atom stereocenters. The number of aromatic nitrogens is 4. The molecule has 1 fully saturated rings. The number of hydrogen-bond donors (Lipinski definition) is 1. The van der Waals surface area contributed by atoms with Crippen LogP contribution in [0.3, 0.4) is 0 Å². The van der Waals surface area contributed by atoms with Gasteiger partial charge in [0.1, 0.15) is 0 Å². The zero-order valence-corrected chi connectivity index (χ0v) is 14.2. The van der Waals surface area contributed by atoms with Crippen molar-refractivity contribution in [3.8, 4) is 17.3 Å². The van der Waals surface area contributed by atoms with Gasteiger partial charge in [-0.15, -0.1) is 0 Å². The van der Waals surface area contributed by atoms with E-state index >= 15 is 0 Å². The maximum Gasteiger partial charge on any atom is 0.278 e. The second-order valence-electron chi connectivity index (χ2n) is 5.99. The smallest absolute Gasteiger partial charge is 0.278 e. The Morgan fingerprint density at radius 3 is 2.65 bits per heavy atom. The molecule has 0 bridgehead atoms. The third kappa shape index (κ3) is 2.49. The molecule has 4 rings (SSSR count). The zero-order valence-electron chi connectivity index (χ0n) is 12.7. The van der Waals surface area contributed by atoms with Crippen LogP contribution < -0.4 is 5.73 Å². The number of hydrogen-bond acceptors (Lipinski definition) is 5. The molecule has 3 aromatic rings. The van der Waals surface area contributed by atoms with Gasteiger partial charge >= 0.3 is 0 Å². The molecule has 1 aromatic carbocycles. The highest BCUT2D eigenvalue weighted by molar-refractivity contribution is 9.10. The second kappa shape index (κ2) is 5.28. The summed E-state index contributed by atoms with van der Waals surface area (Å²) in [6, 6.07) is 9.89. The van der Waals surface area contributed by atoms with E-state index in [0.717, 1.165) is 35.1 Å². The van der Waals surface area contributed by atoms with Crippen LogP contribution in [0.1, 0.15) is 30.8 Å². The minimum absolute atomic E-state index is 0.413. The average Bonchev–Trinajstić information content (AvgIpc) is 3.13. The van der Waals surface area contributed by atoms with Crippen molar-refractivity contribution in [3.63, 3.8) is 0 Å². The molecule has 0 amide bonds. The van der Waals surface area contributed by atoms with Gasteiger partial charge in [-0.2, -0.15) is 10.1 Å². The second-order valence-corrected chi connectivity index (χ2v) is 6.91. The van der Waals surface area contributed by atoms with Gasteiger partial charge in [-0.05, 0) is 56.5 Å². The van der Waals surface area contributed by atoms with E-state index in [0.29, 0.717) is 17.4 Å². The van der Waals surface area contributed by atoms with Crippen LogP contribution in [0.5, 0.6) is 0 Å². The third-order valence-electron chi connectivity index (χ3n) is 4.29. The summed E-state index contributed by atoms with van der Waals surface area (Å²) in [7, 11) is 0. The molecule has 23 heavy (non-hydrogen) atoms. The number of nitrogens with zero attached hydrogens (tertiary/aromatic N) is 4. The summed E-state index contributed by atoms with van der Waals surface area (Å²) in [6.07, 6.45) is 2.91. The maximum atomic E-state index is 6.24. The first-order valence-electron chi connectivity index (χ1n) is 7.51. The Kier molecular flexibility index (Phi) is 3.35. The first-order valence-corrected chi connectivity index (χ1v) is 8.30. The zero-order chi connectivity index (χ0) is 16.0. The van der Waals surface area contributed by atoms with E-state index in [1.807, 2.05) is 41.9 Å². The number of benzene rings is 1. The largest absolute Gasteiger partial charge is 0.332 e. The number of rotatable bonds is 3. The topological polar surface area (TPSA) is 82.8 Å². The third-order valence-corrected chi connectivity index (χ3v) is 4.82. The Balaban J connectivity index is 1.68. The van der Waals surface area contributed by atoms with Crippen molar-refractivity contribution in [3.05, 3.63) is 46.3 Å². The van der Waals surface area contributed by atoms with E-state index < -0.39 is 5.54 Å². The van der Waals surface area contributed by atoms with Crippen molar-refractivity contribution in [2.24, 2.45) is 5.73 Å². The van der Waals surface area contributed by atoms with Gasteiger partial charge in [0.2, 0.25) is 0 Å². The van der Waals surface area contributed by atoms with Gasteiger partial charge in [-0.1, -0.05) is 21.1 Å². The molecule has 2 heterocycles. The van der Waals surface area contributed by atoms with Crippen molar-refractivity contribution >= 4 is 15.9 Å². The molecule has 0 spiro atoms. The van der Waals surface area contributed by atoms with Gasteiger partial charge in [-0.3, -0.25) is 0 Å². The van der Waals surface area contributed by atoms with Crippen LogP contribution in [0, 0.1) is 6.92 Å². The molecule has 0 atom stereocenters. The van der Waals surface area contributed by atoms with Crippen LogP contribution in [-0.2, 0) is 5.54 Å². The molecule has 118 valence electrons. The Bertz CT molecular complexity index is 848. The van der Waals surface area contributed by atoms with Gasteiger partial charge in [0.15, 0.2) is 11.5 Å². The summed E-state index contributed by atoms with van der Waals surface area (Å²) in [6.45, 7) is 1.99. The van der Waals surface area contributed by atoms with Crippen LogP contribution >= 0.6 is 15.9 Å². The van der Waals surface area contributed by atoms with Crippen LogP contribution in [0.25, 0.3) is 17.3 Å². The summed E-state index contributed by atoms with van der Waals surface area (Å²) in [5, 5.41) is 8.63. The van der Waals surface area contributed by atoms with Crippen molar-refractivity contribution in [1.82, 2.24) is 19.9 Å². The predicted molar refractivity (Wildman–Crippen MR) is 89.0 cm³/mol. The van der Waals surface area contributed by atoms with Gasteiger partial charge in [0.25, 0.3) is 5.89 Å². The maximum absolute atomic E-state index is 6.24. The van der Waals surface area contributed by atoms with Crippen LogP contribution in [0.15, 0.2) is 39.3 Å². The minimum Gasteiger partial charge on any atom is -0.332 e. The van der Waals surface area contributed by atoms with Gasteiger partial charge in [0, 0.05) is 10.2 Å². The number of aryl methyl sites for hydroxylation is 1. The molecule has 1 aliphatic rings. The molecule has 1 saturated carbocycles. The predicted octanol–water partition coefficient (Wildman–Crippen LogP) is 3.33. The first-order chi connectivity index (χ1) is 11.0. The van der Waals surface area contributed by atoms with E-state index in [4.69, 9.17) is 10.3 Å².